The van der Waals surface area contributed by atoms with Crippen molar-refractivity contribution in [3.05, 3.63) is 53.8 Å². The molecule has 0 atom stereocenters. The first kappa shape index (κ1) is 16.7. The van der Waals surface area contributed by atoms with E-state index in [2.05, 4.69) is 10.6 Å². The molecule has 2 N–H and O–H groups in total. The molecule has 23 heavy (non-hydrogen) atoms. The Labute approximate surface area is 131 Å². The maximum absolute atomic E-state index is 13.4. The first-order valence-electron chi connectivity index (χ1n) is 6.82. The van der Waals surface area contributed by atoms with Crippen LogP contribution in [0.1, 0.15) is 6.42 Å². The highest BCUT2D eigenvalue weighted by atomic mass is 19.2. The largest absolute Gasteiger partial charge is 0.497 e. The third kappa shape index (κ3) is 4.38. The van der Waals surface area contributed by atoms with Crippen molar-refractivity contribution in [1.82, 2.24) is 0 Å². The van der Waals surface area contributed by atoms with Crippen LogP contribution in [-0.4, -0.2) is 19.6 Å². The number of nitrogens with one attached hydrogen (secondary N) is 2. The fourth-order valence-corrected chi connectivity index (χ4v) is 1.87. The van der Waals surface area contributed by atoms with Crippen molar-refractivity contribution >= 4 is 17.3 Å². The molecule has 7 heteroatoms. The summed E-state index contributed by atoms with van der Waals surface area (Å²) in [6.45, 7) is 0.0734. The van der Waals surface area contributed by atoms with Crippen LogP contribution in [0.25, 0.3) is 0 Å². The number of methoxy groups -OCH3 is 1. The summed E-state index contributed by atoms with van der Waals surface area (Å²) in [5.41, 5.74) is 0.399. The minimum atomic E-state index is -1.54. The van der Waals surface area contributed by atoms with Gasteiger partial charge in [-0.3, -0.25) is 4.79 Å². The predicted octanol–water partition coefficient (Wildman–Crippen LogP) is 3.55. The monoisotopic (exact) mass is 324 g/mol. The van der Waals surface area contributed by atoms with Crippen LogP contribution < -0.4 is 15.4 Å². The van der Waals surface area contributed by atoms with Crippen molar-refractivity contribution < 1.29 is 22.7 Å². The first-order chi connectivity index (χ1) is 11.0. The Balaban J connectivity index is 1.84. The van der Waals surface area contributed by atoms with Gasteiger partial charge in [-0.15, -0.1) is 0 Å². The minimum absolute atomic E-state index is 0.0322. The summed E-state index contributed by atoms with van der Waals surface area (Å²) in [6, 6.07) is 8.65. The summed E-state index contributed by atoms with van der Waals surface area (Å²) in [6.07, 6.45) is 0.0322. The van der Waals surface area contributed by atoms with Gasteiger partial charge in [0.1, 0.15) is 5.75 Å². The molecule has 0 aliphatic carbocycles. The van der Waals surface area contributed by atoms with Gasteiger partial charge in [-0.05, 0) is 36.4 Å². The number of hydrogen-bond acceptors (Lipinski definition) is 3. The Bertz CT molecular complexity index is 690. The Morgan fingerprint density at radius 2 is 1.74 bits per heavy atom. The number of carbonyl (C=O) groups excluding carboxylic acids is 1. The van der Waals surface area contributed by atoms with Gasteiger partial charge in [0.2, 0.25) is 5.91 Å². The summed E-state index contributed by atoms with van der Waals surface area (Å²) in [4.78, 5) is 11.8. The lowest BCUT2D eigenvalue weighted by Crippen LogP contribution is -2.16. The van der Waals surface area contributed by atoms with Crippen LogP contribution in [0.4, 0.5) is 24.5 Å². The van der Waals surface area contributed by atoms with E-state index >= 15 is 0 Å². The molecule has 0 aliphatic rings. The number of carbonyl (C=O) groups is 1. The molecule has 2 aromatic rings. The molecule has 1 amide bonds. The average molecular weight is 324 g/mol. The van der Waals surface area contributed by atoms with E-state index in [-0.39, 0.29) is 24.6 Å². The van der Waals surface area contributed by atoms with Crippen LogP contribution in [0.3, 0.4) is 0 Å². The van der Waals surface area contributed by atoms with Gasteiger partial charge in [0, 0.05) is 18.7 Å². The highest BCUT2D eigenvalue weighted by Gasteiger charge is 2.13. The number of ether oxygens (including phenoxy) is 1. The molecule has 0 radical (unpaired) electrons. The summed E-state index contributed by atoms with van der Waals surface area (Å²) < 4.78 is 44.3. The van der Waals surface area contributed by atoms with Crippen LogP contribution in [0.5, 0.6) is 5.75 Å². The van der Waals surface area contributed by atoms with Crippen LogP contribution >= 0.6 is 0 Å². The molecule has 0 aliphatic heterocycles. The second kappa shape index (κ2) is 7.53. The summed E-state index contributed by atoms with van der Waals surface area (Å²) in [5.74, 6) is -3.74. The van der Waals surface area contributed by atoms with Gasteiger partial charge < -0.3 is 15.4 Å². The Hall–Kier alpha value is -2.70. The fraction of sp³-hybridized carbons (Fsp3) is 0.188. The Morgan fingerprint density at radius 3 is 2.39 bits per heavy atom. The van der Waals surface area contributed by atoms with Gasteiger partial charge >= 0.3 is 0 Å². The number of rotatable bonds is 6. The predicted molar refractivity (Wildman–Crippen MR) is 81.0 cm³/mol. The Kier molecular flexibility index (Phi) is 5.46. The van der Waals surface area contributed by atoms with Crippen LogP contribution in [0.2, 0.25) is 0 Å². The zero-order valence-electron chi connectivity index (χ0n) is 12.3. The van der Waals surface area contributed by atoms with Gasteiger partial charge in [0.25, 0.3) is 0 Å². The van der Waals surface area contributed by atoms with Crippen molar-refractivity contribution in [2.24, 2.45) is 0 Å². The van der Waals surface area contributed by atoms with E-state index in [1.54, 1.807) is 24.3 Å². The number of benzene rings is 2. The van der Waals surface area contributed by atoms with Crippen molar-refractivity contribution in [1.29, 1.82) is 0 Å². The van der Waals surface area contributed by atoms with Gasteiger partial charge in [-0.25, -0.2) is 13.2 Å². The van der Waals surface area contributed by atoms with E-state index in [0.717, 1.165) is 12.1 Å². The van der Waals surface area contributed by atoms with Crippen LogP contribution in [0, 0.1) is 17.5 Å². The number of anilines is 2. The van der Waals surface area contributed by atoms with Crippen molar-refractivity contribution in [3.63, 3.8) is 0 Å². The van der Waals surface area contributed by atoms with Gasteiger partial charge in [-0.2, -0.15) is 0 Å². The summed E-state index contributed by atoms with van der Waals surface area (Å²) >= 11 is 0. The second-order valence-corrected chi connectivity index (χ2v) is 4.68. The maximum Gasteiger partial charge on any atom is 0.226 e. The van der Waals surface area contributed by atoms with Gasteiger partial charge in [-0.1, -0.05) is 0 Å². The van der Waals surface area contributed by atoms with E-state index in [4.69, 9.17) is 4.74 Å². The zero-order chi connectivity index (χ0) is 16.8. The zero-order valence-corrected chi connectivity index (χ0v) is 12.3. The molecule has 2 aromatic carbocycles. The van der Waals surface area contributed by atoms with Crippen molar-refractivity contribution in [3.8, 4) is 5.75 Å². The summed E-state index contributed by atoms with van der Waals surface area (Å²) in [5, 5.41) is 5.21. The van der Waals surface area contributed by atoms with E-state index in [1.807, 2.05) is 0 Å². The SMILES string of the molecule is COc1ccc(NC(=O)CCNc2ccc(F)c(F)c2F)cc1. The molecule has 0 bridgehead atoms. The molecule has 0 spiro atoms. The maximum atomic E-state index is 13.4. The minimum Gasteiger partial charge on any atom is -0.497 e. The highest BCUT2D eigenvalue weighted by Crippen LogP contribution is 2.19. The standard InChI is InChI=1S/C16H15F3N2O2/c1-23-11-4-2-10(3-5-11)21-14(22)8-9-20-13-7-6-12(17)15(18)16(13)19/h2-7,20H,8-9H2,1H3,(H,21,22). The highest BCUT2D eigenvalue weighted by molar-refractivity contribution is 5.91. The normalized spacial score (nSPS) is 10.3. The quantitative estimate of drug-likeness (QED) is 0.799. The molecular weight excluding hydrogens is 309 g/mol. The molecule has 2 rings (SSSR count). The van der Waals surface area contributed by atoms with Crippen LogP contribution in [-0.2, 0) is 4.79 Å². The molecule has 0 saturated carbocycles. The molecule has 0 saturated heterocycles. The first-order valence-corrected chi connectivity index (χ1v) is 6.82. The van der Waals surface area contributed by atoms with E-state index in [0.29, 0.717) is 11.4 Å². The third-order valence-electron chi connectivity index (χ3n) is 3.08. The van der Waals surface area contributed by atoms with Gasteiger partial charge in [0.15, 0.2) is 17.5 Å². The van der Waals surface area contributed by atoms with Gasteiger partial charge in [0.05, 0.1) is 12.8 Å². The average Bonchev–Trinajstić information content (AvgIpc) is 2.55. The molecule has 0 heterocycles. The third-order valence-corrected chi connectivity index (χ3v) is 3.08. The molecule has 0 unspecified atom stereocenters. The molecule has 122 valence electrons. The van der Waals surface area contributed by atoms with E-state index in [1.165, 1.54) is 7.11 Å². The lowest BCUT2D eigenvalue weighted by atomic mass is 10.2. The molecular formula is C16H15F3N2O2. The number of hydrogen-bond donors (Lipinski definition) is 2. The number of amides is 1. The fourth-order valence-electron chi connectivity index (χ4n) is 1.87. The smallest absolute Gasteiger partial charge is 0.226 e. The van der Waals surface area contributed by atoms with Crippen molar-refractivity contribution in [2.45, 2.75) is 6.42 Å². The van der Waals surface area contributed by atoms with E-state index in [9.17, 15) is 18.0 Å². The lowest BCUT2D eigenvalue weighted by Gasteiger charge is -2.09. The van der Waals surface area contributed by atoms with Crippen LogP contribution in [0.15, 0.2) is 36.4 Å². The lowest BCUT2D eigenvalue weighted by molar-refractivity contribution is -0.115. The Morgan fingerprint density at radius 1 is 1.04 bits per heavy atom. The number of halogens is 3. The van der Waals surface area contributed by atoms with Crippen molar-refractivity contribution in [2.75, 3.05) is 24.3 Å². The molecule has 0 aromatic heterocycles. The topological polar surface area (TPSA) is 50.4 Å². The molecule has 0 fully saturated rings. The van der Waals surface area contributed by atoms with E-state index < -0.39 is 17.5 Å². The second-order valence-electron chi connectivity index (χ2n) is 4.68. The summed E-state index contributed by atoms with van der Waals surface area (Å²) in [7, 11) is 1.54. The molecule has 4 nitrogen and oxygen atoms in total.